The van der Waals surface area contributed by atoms with E-state index in [-0.39, 0.29) is 15.6 Å². The van der Waals surface area contributed by atoms with Crippen molar-refractivity contribution in [3.63, 3.8) is 0 Å². The Bertz CT molecular complexity index is 383. The van der Waals surface area contributed by atoms with E-state index in [1.54, 1.807) is 35.0 Å². The van der Waals surface area contributed by atoms with Gasteiger partial charge in [-0.3, -0.25) is 4.48 Å². The molecule has 6 heteroatoms. The molecule has 0 saturated heterocycles. The summed E-state index contributed by atoms with van der Waals surface area (Å²) in [6.07, 6.45) is 0.329. The lowest BCUT2D eigenvalue weighted by Crippen LogP contribution is -2.59. The molecular weight excluding hydrogens is 262 g/mol. The second-order valence-corrected chi connectivity index (χ2v) is 5.35. The summed E-state index contributed by atoms with van der Waals surface area (Å²) in [5.41, 5.74) is 0.348. The van der Waals surface area contributed by atoms with Crippen molar-refractivity contribution in [3.05, 3.63) is 24.3 Å². The number of aliphatic hydroxyl groups is 1. The Labute approximate surface area is 120 Å². The molecule has 1 atom stereocenters. The minimum absolute atomic E-state index is 0.0648. The molecule has 0 aromatic rings. The van der Waals surface area contributed by atoms with Crippen LogP contribution in [0.5, 0.6) is 0 Å². The highest BCUT2D eigenvalue weighted by molar-refractivity contribution is 5.87. The van der Waals surface area contributed by atoms with E-state index in [0.29, 0.717) is 6.42 Å². The maximum Gasteiger partial charge on any atom is 0.360 e. The van der Waals surface area contributed by atoms with Crippen molar-refractivity contribution in [3.8, 4) is 0 Å². The second kappa shape index (κ2) is 7.81. The summed E-state index contributed by atoms with van der Waals surface area (Å²) in [6, 6.07) is 0. The molecule has 0 aromatic heterocycles. The average molecular weight is 287 g/mol. The summed E-state index contributed by atoms with van der Waals surface area (Å²) >= 11 is 0. The van der Waals surface area contributed by atoms with Gasteiger partial charge < -0.3 is 19.7 Å². The fourth-order valence-corrected chi connectivity index (χ4v) is 0.919. The van der Waals surface area contributed by atoms with Crippen molar-refractivity contribution < 1.29 is 29.0 Å². The first-order valence-corrected chi connectivity index (χ1v) is 6.08. The molecule has 0 spiro atoms. The monoisotopic (exact) mass is 287 g/mol. The predicted octanol–water partition coefficient (Wildman–Crippen LogP) is 0.180. The number of ether oxygens (including phenoxy) is 1. The maximum atomic E-state index is 11.3. The minimum atomic E-state index is -1.49. The molecule has 0 bridgehead atoms. The predicted molar refractivity (Wildman–Crippen MR) is 74.0 cm³/mol. The van der Waals surface area contributed by atoms with Crippen molar-refractivity contribution in [2.24, 2.45) is 0 Å². The van der Waals surface area contributed by atoms with E-state index < -0.39 is 17.8 Å². The summed E-state index contributed by atoms with van der Waals surface area (Å²) in [5, 5.41) is 19.6. The van der Waals surface area contributed by atoms with Crippen LogP contribution in [0.3, 0.4) is 0 Å². The summed E-state index contributed by atoms with van der Waals surface area (Å²) in [6.45, 7) is 11.2. The van der Waals surface area contributed by atoms with E-state index in [1.807, 2.05) is 0 Å². The van der Waals surface area contributed by atoms with Gasteiger partial charge in [0.05, 0.1) is 33.5 Å². The van der Waals surface area contributed by atoms with Gasteiger partial charge in [0.1, 0.15) is 0 Å². The van der Waals surface area contributed by atoms with Crippen LogP contribution < -0.4 is 5.11 Å². The summed E-state index contributed by atoms with van der Waals surface area (Å²) in [4.78, 5) is 20.8. The molecule has 0 fully saturated rings. The van der Waals surface area contributed by atoms with E-state index in [2.05, 4.69) is 13.2 Å². The first kappa shape index (κ1) is 20.7. The van der Waals surface area contributed by atoms with Crippen LogP contribution in [0.15, 0.2) is 24.3 Å². The highest BCUT2D eigenvalue weighted by Gasteiger charge is 2.43. The number of quaternary nitrogens is 1. The van der Waals surface area contributed by atoms with Gasteiger partial charge in [0.2, 0.25) is 0 Å². The Balaban J connectivity index is 0. The molecule has 1 N–H and O–H groups in total. The number of nitrogens with zero attached hydrogens (tertiary/aromatic N) is 1. The van der Waals surface area contributed by atoms with Gasteiger partial charge in [0.25, 0.3) is 0 Å². The minimum Gasteiger partial charge on any atom is -0.545 e. The van der Waals surface area contributed by atoms with Gasteiger partial charge >= 0.3 is 11.9 Å². The van der Waals surface area contributed by atoms with Crippen LogP contribution in [0, 0.1) is 0 Å². The van der Waals surface area contributed by atoms with Gasteiger partial charge in [0.15, 0.2) is 0 Å². The number of esters is 1. The molecule has 116 valence electrons. The Kier molecular flexibility index (Phi) is 8.07. The van der Waals surface area contributed by atoms with Crippen LogP contribution >= 0.6 is 0 Å². The van der Waals surface area contributed by atoms with Crippen LogP contribution in [0.1, 0.15) is 27.2 Å². The van der Waals surface area contributed by atoms with E-state index in [1.165, 1.54) is 6.92 Å². The number of carboxylic acid groups (broad SMARTS) is 1. The number of aliphatic carboxylic acids is 1. The maximum absolute atomic E-state index is 11.3. The standard InChI is InChI=1S/C10H20NO3.C4H6O2/c1-7-10(13,11(4,5)6)14-9(12)8(2)3;1-3(2)4(5)6/h13H,2,7H2,1,3-6H3;1H2,2H3,(H,5,6)/q+1;/p-1. The number of rotatable bonds is 5. The van der Waals surface area contributed by atoms with Crippen LogP contribution in [-0.2, 0) is 14.3 Å². The largest absolute Gasteiger partial charge is 0.545 e. The molecule has 0 aliphatic rings. The molecule has 0 heterocycles. The van der Waals surface area contributed by atoms with Gasteiger partial charge in [-0.25, -0.2) is 4.79 Å². The molecule has 0 rings (SSSR count). The number of carboxylic acids is 1. The normalized spacial score (nSPS) is 13.3. The SMILES string of the molecule is C=C(C)C(=O)OC(O)(CC)[N+](C)(C)C.C=C(C)C(=O)[O-]. The zero-order chi connectivity index (χ0) is 16.7. The van der Waals surface area contributed by atoms with Crippen LogP contribution in [-0.4, -0.2) is 48.6 Å². The van der Waals surface area contributed by atoms with Gasteiger partial charge in [-0.1, -0.05) is 20.1 Å². The highest BCUT2D eigenvalue weighted by Crippen LogP contribution is 2.22. The van der Waals surface area contributed by atoms with E-state index >= 15 is 0 Å². The Morgan fingerprint density at radius 2 is 1.55 bits per heavy atom. The van der Waals surface area contributed by atoms with Gasteiger partial charge in [0, 0.05) is 5.57 Å². The fraction of sp³-hybridized carbons (Fsp3) is 0.571. The Morgan fingerprint density at radius 1 is 1.20 bits per heavy atom. The van der Waals surface area contributed by atoms with E-state index in [9.17, 15) is 19.8 Å². The zero-order valence-corrected chi connectivity index (χ0v) is 13.1. The van der Waals surface area contributed by atoms with Crippen molar-refractivity contribution >= 4 is 11.9 Å². The third-order valence-corrected chi connectivity index (χ3v) is 2.46. The molecule has 0 aromatic carbocycles. The van der Waals surface area contributed by atoms with Crippen LogP contribution in [0.2, 0.25) is 0 Å². The number of hydrogen-bond acceptors (Lipinski definition) is 5. The number of hydrogen-bond donors (Lipinski definition) is 1. The van der Waals surface area contributed by atoms with Crippen molar-refractivity contribution in [2.45, 2.75) is 33.1 Å². The van der Waals surface area contributed by atoms with Crippen molar-refractivity contribution in [1.29, 1.82) is 0 Å². The lowest BCUT2D eigenvalue weighted by atomic mass is 10.3. The lowest BCUT2D eigenvalue weighted by molar-refractivity contribution is -0.976. The number of carbonyl (C=O) groups is 2. The Morgan fingerprint density at radius 3 is 1.70 bits per heavy atom. The van der Waals surface area contributed by atoms with Crippen LogP contribution in [0.4, 0.5) is 0 Å². The van der Waals surface area contributed by atoms with Crippen molar-refractivity contribution in [2.75, 3.05) is 21.1 Å². The molecule has 6 nitrogen and oxygen atoms in total. The quantitative estimate of drug-likeness (QED) is 0.337. The smallest absolute Gasteiger partial charge is 0.360 e. The van der Waals surface area contributed by atoms with E-state index in [0.717, 1.165) is 0 Å². The Hall–Kier alpha value is -1.66. The molecule has 1 unspecified atom stereocenters. The van der Waals surface area contributed by atoms with E-state index in [4.69, 9.17) is 4.74 Å². The highest BCUT2D eigenvalue weighted by atomic mass is 16.7. The molecular formula is C14H25NO5. The van der Waals surface area contributed by atoms with Gasteiger partial charge in [-0.2, -0.15) is 0 Å². The molecule has 0 amide bonds. The number of carbonyl (C=O) groups excluding carboxylic acids is 2. The first-order chi connectivity index (χ1) is 8.78. The third-order valence-electron chi connectivity index (χ3n) is 2.46. The molecule has 0 aliphatic heterocycles. The zero-order valence-electron chi connectivity index (χ0n) is 13.1. The van der Waals surface area contributed by atoms with Crippen LogP contribution in [0.25, 0.3) is 0 Å². The molecule has 20 heavy (non-hydrogen) atoms. The summed E-state index contributed by atoms with van der Waals surface area (Å²) in [5.74, 6) is -3.24. The summed E-state index contributed by atoms with van der Waals surface area (Å²) in [7, 11) is 5.28. The third kappa shape index (κ3) is 7.06. The van der Waals surface area contributed by atoms with Gasteiger partial charge in [-0.05, 0) is 19.4 Å². The lowest BCUT2D eigenvalue weighted by Gasteiger charge is -2.39. The summed E-state index contributed by atoms with van der Waals surface area (Å²) < 4.78 is 5.14. The topological polar surface area (TPSA) is 86.7 Å². The molecule has 0 saturated carbocycles. The average Bonchev–Trinajstić information content (AvgIpc) is 2.27. The molecule has 0 radical (unpaired) electrons. The fourth-order valence-electron chi connectivity index (χ4n) is 0.919. The molecule has 0 aliphatic carbocycles. The van der Waals surface area contributed by atoms with Crippen molar-refractivity contribution in [1.82, 2.24) is 0 Å². The van der Waals surface area contributed by atoms with Gasteiger partial charge in [-0.15, -0.1) is 0 Å². The first-order valence-electron chi connectivity index (χ1n) is 6.08. The second-order valence-electron chi connectivity index (χ2n) is 5.35.